The minimum Gasteiger partial charge on any atom is -0.349 e. The van der Waals surface area contributed by atoms with Gasteiger partial charge in [0.1, 0.15) is 6.10 Å². The van der Waals surface area contributed by atoms with E-state index in [1.807, 2.05) is 0 Å². The Labute approximate surface area is 93.7 Å². The fourth-order valence-electron chi connectivity index (χ4n) is 1.68. The van der Waals surface area contributed by atoms with Crippen molar-refractivity contribution in [2.45, 2.75) is 24.6 Å². The minimum atomic E-state index is -4.53. The molecule has 94 valence electrons. The molecule has 0 radical (unpaired) electrons. The maximum Gasteiger partial charge on any atom is 0.413 e. The fraction of sp³-hybridized carbons (Fsp3) is 0.625. The minimum absolute atomic E-state index is 0.0759. The van der Waals surface area contributed by atoms with Crippen LogP contribution in [-0.4, -0.2) is 46.3 Å². The lowest BCUT2D eigenvalue weighted by atomic mass is 10.1. The molecule has 3 atom stereocenters. The first-order valence-corrected chi connectivity index (χ1v) is 4.79. The number of hydrogen-bond donors (Lipinski definition) is 1. The summed E-state index contributed by atoms with van der Waals surface area (Å²) in [5.74, 6) is 0. The quantitative estimate of drug-likeness (QED) is 0.758. The molecule has 0 amide bonds. The summed E-state index contributed by atoms with van der Waals surface area (Å²) in [7, 11) is 0. The molecule has 0 saturated carbocycles. The van der Waals surface area contributed by atoms with E-state index in [9.17, 15) is 18.0 Å². The van der Waals surface area contributed by atoms with Gasteiger partial charge in [-0.25, -0.2) is 4.68 Å². The highest BCUT2D eigenvalue weighted by Crippen LogP contribution is 2.35. The van der Waals surface area contributed by atoms with Crippen molar-refractivity contribution in [3.8, 4) is 0 Å². The van der Waals surface area contributed by atoms with E-state index >= 15 is 0 Å². The van der Waals surface area contributed by atoms with Gasteiger partial charge in [-0.05, 0) is 0 Å². The number of nitrogens with zero attached hydrogens (tertiary/aromatic N) is 3. The highest BCUT2D eigenvalue weighted by Gasteiger charge is 2.49. The molecule has 17 heavy (non-hydrogen) atoms. The molecule has 1 aromatic rings. The number of halogens is 3. The van der Waals surface area contributed by atoms with Gasteiger partial charge in [0, 0.05) is 12.7 Å². The average molecular weight is 250 g/mol. The van der Waals surface area contributed by atoms with Crippen LogP contribution in [0.4, 0.5) is 13.2 Å². The van der Waals surface area contributed by atoms with Crippen LogP contribution in [0.2, 0.25) is 0 Å². The predicted molar refractivity (Wildman–Crippen MR) is 47.8 cm³/mol. The number of aromatic nitrogens is 3. The number of rotatable bonds is 3. The number of hydrogen-bond acceptors (Lipinski definition) is 5. The van der Waals surface area contributed by atoms with Crippen LogP contribution in [0.3, 0.4) is 0 Å². The lowest BCUT2D eigenvalue weighted by molar-refractivity contribution is -0.198. The van der Waals surface area contributed by atoms with E-state index in [-0.39, 0.29) is 6.54 Å². The van der Waals surface area contributed by atoms with Gasteiger partial charge in [-0.2, -0.15) is 13.2 Å². The van der Waals surface area contributed by atoms with Crippen LogP contribution < -0.4 is 5.32 Å². The van der Waals surface area contributed by atoms with E-state index in [0.29, 0.717) is 11.0 Å². The fourth-order valence-corrected chi connectivity index (χ4v) is 1.68. The Balaban J connectivity index is 2.21. The SMILES string of the molecule is O=CC1NCC(C(n2ccnn2)C(F)(F)F)O1. The first-order chi connectivity index (χ1) is 8.02. The summed E-state index contributed by atoms with van der Waals surface area (Å²) < 4.78 is 44.3. The van der Waals surface area contributed by atoms with E-state index in [1.165, 1.54) is 0 Å². The third kappa shape index (κ3) is 2.44. The van der Waals surface area contributed by atoms with Crippen molar-refractivity contribution in [2.75, 3.05) is 6.54 Å². The lowest BCUT2D eigenvalue weighted by Crippen LogP contribution is -2.39. The zero-order valence-corrected chi connectivity index (χ0v) is 8.46. The van der Waals surface area contributed by atoms with Crippen molar-refractivity contribution in [1.29, 1.82) is 0 Å². The number of ether oxygens (including phenoxy) is 1. The number of carbonyl (C=O) groups excluding carboxylic acids is 1. The van der Waals surface area contributed by atoms with Crippen molar-refractivity contribution >= 4 is 6.29 Å². The first-order valence-electron chi connectivity index (χ1n) is 4.79. The zero-order valence-electron chi connectivity index (χ0n) is 8.46. The number of aldehydes is 1. The van der Waals surface area contributed by atoms with Gasteiger partial charge in [0.15, 0.2) is 18.6 Å². The van der Waals surface area contributed by atoms with Gasteiger partial charge in [-0.15, -0.1) is 5.10 Å². The molecule has 6 nitrogen and oxygen atoms in total. The van der Waals surface area contributed by atoms with Crippen molar-refractivity contribution in [1.82, 2.24) is 20.3 Å². The molecule has 1 aliphatic heterocycles. The molecule has 0 aromatic carbocycles. The highest BCUT2D eigenvalue weighted by atomic mass is 19.4. The highest BCUT2D eigenvalue weighted by molar-refractivity contribution is 5.55. The summed E-state index contributed by atoms with van der Waals surface area (Å²) in [4.78, 5) is 10.4. The van der Waals surface area contributed by atoms with E-state index in [2.05, 4.69) is 15.6 Å². The Morgan fingerprint density at radius 2 is 2.35 bits per heavy atom. The lowest BCUT2D eigenvalue weighted by Gasteiger charge is -2.24. The Kier molecular flexibility index (Phi) is 3.11. The van der Waals surface area contributed by atoms with Gasteiger partial charge in [0.2, 0.25) is 0 Å². The van der Waals surface area contributed by atoms with Crippen LogP contribution in [0, 0.1) is 0 Å². The third-order valence-corrected chi connectivity index (χ3v) is 2.38. The summed E-state index contributed by atoms with van der Waals surface area (Å²) in [6, 6.07) is -1.96. The van der Waals surface area contributed by atoms with E-state index in [0.717, 1.165) is 12.4 Å². The van der Waals surface area contributed by atoms with Crippen molar-refractivity contribution in [3.05, 3.63) is 12.4 Å². The van der Waals surface area contributed by atoms with Crippen molar-refractivity contribution in [2.24, 2.45) is 0 Å². The Bertz CT molecular complexity index is 381. The maximum absolute atomic E-state index is 12.9. The molecular weight excluding hydrogens is 241 g/mol. The molecule has 0 spiro atoms. The van der Waals surface area contributed by atoms with Gasteiger partial charge in [0.25, 0.3) is 0 Å². The van der Waals surface area contributed by atoms with Gasteiger partial charge in [-0.1, -0.05) is 5.21 Å². The van der Waals surface area contributed by atoms with Crippen LogP contribution in [0.1, 0.15) is 6.04 Å². The standard InChI is InChI=1S/C8H9F3N4O2/c9-8(10,11)7(15-2-1-13-14-15)5-3-12-6(4-16)17-5/h1-2,4-7,12H,3H2. The molecule has 2 rings (SSSR count). The molecule has 1 saturated heterocycles. The van der Waals surface area contributed by atoms with Crippen molar-refractivity contribution in [3.63, 3.8) is 0 Å². The number of nitrogens with one attached hydrogen (secondary N) is 1. The van der Waals surface area contributed by atoms with Gasteiger partial charge in [0.05, 0.1) is 6.20 Å². The van der Waals surface area contributed by atoms with E-state index in [4.69, 9.17) is 4.74 Å². The van der Waals surface area contributed by atoms with Gasteiger partial charge in [-0.3, -0.25) is 10.1 Å². The summed E-state index contributed by atoms with van der Waals surface area (Å²) in [6.07, 6.45) is -4.07. The molecule has 9 heteroatoms. The summed E-state index contributed by atoms with van der Waals surface area (Å²) >= 11 is 0. The predicted octanol–water partition coefficient (Wildman–Crippen LogP) is -0.105. The Morgan fingerprint density at radius 3 is 2.82 bits per heavy atom. The molecule has 0 bridgehead atoms. The maximum atomic E-state index is 12.9. The normalized spacial score (nSPS) is 27.0. The van der Waals surface area contributed by atoms with Gasteiger partial charge < -0.3 is 4.74 Å². The smallest absolute Gasteiger partial charge is 0.349 e. The topological polar surface area (TPSA) is 69.0 Å². The summed E-state index contributed by atoms with van der Waals surface area (Å²) in [5.41, 5.74) is 0. The molecule has 0 aliphatic carbocycles. The second-order valence-corrected chi connectivity index (χ2v) is 3.51. The first kappa shape index (κ1) is 12.0. The number of carbonyl (C=O) groups is 1. The summed E-state index contributed by atoms with van der Waals surface area (Å²) in [6.45, 7) is -0.0759. The molecule has 3 unspecified atom stereocenters. The monoisotopic (exact) mass is 250 g/mol. The molecule has 1 aliphatic rings. The van der Waals surface area contributed by atoms with Crippen LogP contribution in [0.25, 0.3) is 0 Å². The molecular formula is C8H9F3N4O2. The zero-order chi connectivity index (χ0) is 12.5. The van der Waals surface area contributed by atoms with Crippen molar-refractivity contribution < 1.29 is 22.7 Å². The average Bonchev–Trinajstić information content (AvgIpc) is 2.87. The molecule has 2 heterocycles. The third-order valence-electron chi connectivity index (χ3n) is 2.38. The van der Waals surface area contributed by atoms with Gasteiger partial charge >= 0.3 is 6.18 Å². The second-order valence-electron chi connectivity index (χ2n) is 3.51. The second kappa shape index (κ2) is 4.41. The Hall–Kier alpha value is -1.48. The number of alkyl halides is 3. The molecule has 1 N–H and O–H groups in total. The van der Waals surface area contributed by atoms with Crippen LogP contribution in [0.5, 0.6) is 0 Å². The largest absolute Gasteiger partial charge is 0.413 e. The van der Waals surface area contributed by atoms with Crippen LogP contribution in [-0.2, 0) is 9.53 Å². The molecule has 1 fully saturated rings. The Morgan fingerprint density at radius 1 is 1.59 bits per heavy atom. The van der Waals surface area contributed by atoms with E-state index < -0.39 is 24.6 Å². The summed E-state index contributed by atoms with van der Waals surface area (Å²) in [5, 5.41) is 9.18. The van der Waals surface area contributed by atoms with E-state index in [1.54, 1.807) is 0 Å². The van der Waals surface area contributed by atoms with Crippen LogP contribution in [0.15, 0.2) is 12.4 Å². The molecule has 1 aromatic heterocycles. The van der Waals surface area contributed by atoms with Crippen LogP contribution >= 0.6 is 0 Å².